The summed E-state index contributed by atoms with van der Waals surface area (Å²) in [5.41, 5.74) is 2.88. The molecule has 1 atom stereocenters. The average Bonchev–Trinajstić information content (AvgIpc) is 2.58. The van der Waals surface area contributed by atoms with Crippen molar-refractivity contribution in [3.05, 3.63) is 23.3 Å². The quantitative estimate of drug-likeness (QED) is 0.634. The molecule has 0 N–H and O–H groups in total. The number of nitrogens with zero attached hydrogens (tertiary/aromatic N) is 1. The minimum absolute atomic E-state index is 0.787. The van der Waals surface area contributed by atoms with E-state index in [9.17, 15) is 0 Å². The first kappa shape index (κ1) is 12.5. The second-order valence-corrected chi connectivity index (χ2v) is 5.09. The van der Waals surface area contributed by atoms with Gasteiger partial charge in [-0.15, -0.1) is 0 Å². The van der Waals surface area contributed by atoms with E-state index in [-0.39, 0.29) is 0 Å². The van der Waals surface area contributed by atoms with Crippen LogP contribution in [0, 0.1) is 0 Å². The van der Waals surface area contributed by atoms with Gasteiger partial charge in [0.15, 0.2) is 0 Å². The number of hydrogen-bond donors (Lipinski definition) is 0. The second-order valence-electron chi connectivity index (χ2n) is 5.09. The number of allylic oxidation sites excluding steroid dienone is 2. The van der Waals surface area contributed by atoms with Gasteiger partial charge in [0.2, 0.25) is 0 Å². The van der Waals surface area contributed by atoms with Crippen molar-refractivity contribution in [1.82, 2.24) is 4.90 Å². The monoisotopic (exact) mass is 207 g/mol. The Bertz CT molecular complexity index is 216. The number of hydrogen-bond acceptors (Lipinski definition) is 1. The van der Waals surface area contributed by atoms with Crippen LogP contribution in [0.2, 0.25) is 0 Å². The van der Waals surface area contributed by atoms with E-state index in [0.29, 0.717) is 0 Å². The fourth-order valence-electron chi connectivity index (χ4n) is 2.07. The van der Waals surface area contributed by atoms with Crippen molar-refractivity contribution in [2.45, 2.75) is 53.0 Å². The topological polar surface area (TPSA) is 3.24 Å². The fraction of sp³-hybridized carbons (Fsp3) is 0.714. The van der Waals surface area contributed by atoms with Crippen LogP contribution in [-0.2, 0) is 0 Å². The molecule has 0 aliphatic carbocycles. The van der Waals surface area contributed by atoms with Gasteiger partial charge in [-0.3, -0.25) is 4.90 Å². The van der Waals surface area contributed by atoms with E-state index in [4.69, 9.17) is 0 Å². The summed E-state index contributed by atoms with van der Waals surface area (Å²) in [5, 5.41) is 0. The maximum atomic E-state index is 2.62. The third-order valence-electron chi connectivity index (χ3n) is 3.03. The third kappa shape index (κ3) is 4.65. The van der Waals surface area contributed by atoms with E-state index >= 15 is 0 Å². The number of rotatable bonds is 4. The van der Waals surface area contributed by atoms with Crippen molar-refractivity contribution in [2.75, 3.05) is 13.1 Å². The van der Waals surface area contributed by atoms with Crippen LogP contribution in [0.3, 0.4) is 0 Å². The lowest BCUT2D eigenvalue weighted by Gasteiger charge is -2.22. The van der Waals surface area contributed by atoms with E-state index in [0.717, 1.165) is 12.6 Å². The Morgan fingerprint density at radius 1 is 1.13 bits per heavy atom. The van der Waals surface area contributed by atoms with Crippen molar-refractivity contribution in [2.24, 2.45) is 0 Å². The molecule has 0 aromatic rings. The SMILES string of the molecule is CC(C)=CC[C@H]1CCCN1CC=C(C)C. The molecule has 0 radical (unpaired) electrons. The Morgan fingerprint density at radius 3 is 2.40 bits per heavy atom. The molecule has 1 rings (SSSR count). The molecule has 0 spiro atoms. The molecule has 1 fully saturated rings. The first-order valence-electron chi connectivity index (χ1n) is 6.10. The van der Waals surface area contributed by atoms with Gasteiger partial charge in [0.25, 0.3) is 0 Å². The summed E-state index contributed by atoms with van der Waals surface area (Å²) < 4.78 is 0. The van der Waals surface area contributed by atoms with Crippen LogP contribution in [-0.4, -0.2) is 24.0 Å². The summed E-state index contributed by atoms with van der Waals surface area (Å²) in [6.45, 7) is 11.2. The molecule has 1 heteroatoms. The fourth-order valence-corrected chi connectivity index (χ4v) is 2.07. The second kappa shape index (κ2) is 6.12. The van der Waals surface area contributed by atoms with Crippen LogP contribution < -0.4 is 0 Å². The highest BCUT2D eigenvalue weighted by Crippen LogP contribution is 2.20. The summed E-state index contributed by atoms with van der Waals surface area (Å²) in [5.74, 6) is 0. The van der Waals surface area contributed by atoms with Gasteiger partial charge in [-0.05, 0) is 53.5 Å². The molecule has 1 nitrogen and oxygen atoms in total. The van der Waals surface area contributed by atoms with Gasteiger partial charge >= 0.3 is 0 Å². The Balaban J connectivity index is 2.43. The standard InChI is InChI=1S/C14H25N/c1-12(2)7-8-14-6-5-10-15(14)11-9-13(3)4/h7,9,14H,5-6,8,10-11H2,1-4H3/t14-/m1/s1. The van der Waals surface area contributed by atoms with Crippen LogP contribution in [0.1, 0.15) is 47.0 Å². The number of likely N-dealkylation sites (tertiary alicyclic amines) is 1. The Hall–Kier alpha value is -0.560. The molecule has 0 aromatic carbocycles. The van der Waals surface area contributed by atoms with Crippen LogP contribution in [0.5, 0.6) is 0 Å². The lowest BCUT2D eigenvalue weighted by Crippen LogP contribution is -2.29. The molecular formula is C14H25N. The normalized spacial score (nSPS) is 21.5. The molecule has 0 unspecified atom stereocenters. The largest absolute Gasteiger partial charge is 0.296 e. The first-order chi connectivity index (χ1) is 7.09. The Kier molecular flexibility index (Phi) is 5.10. The van der Waals surface area contributed by atoms with Crippen molar-refractivity contribution in [3.63, 3.8) is 0 Å². The van der Waals surface area contributed by atoms with Gasteiger partial charge in [0.1, 0.15) is 0 Å². The van der Waals surface area contributed by atoms with Gasteiger partial charge in [0, 0.05) is 12.6 Å². The molecule has 0 amide bonds. The molecule has 0 bridgehead atoms. The molecule has 0 aromatic heterocycles. The summed E-state index contributed by atoms with van der Waals surface area (Å²) in [6.07, 6.45) is 8.71. The molecule has 1 heterocycles. The van der Waals surface area contributed by atoms with Crippen molar-refractivity contribution in [1.29, 1.82) is 0 Å². The highest BCUT2D eigenvalue weighted by Gasteiger charge is 2.21. The zero-order chi connectivity index (χ0) is 11.3. The van der Waals surface area contributed by atoms with Gasteiger partial charge in [-0.25, -0.2) is 0 Å². The van der Waals surface area contributed by atoms with Gasteiger partial charge in [-0.2, -0.15) is 0 Å². The molecule has 1 saturated heterocycles. The van der Waals surface area contributed by atoms with E-state index < -0.39 is 0 Å². The molecule has 0 saturated carbocycles. The maximum Gasteiger partial charge on any atom is 0.0168 e. The summed E-state index contributed by atoms with van der Waals surface area (Å²) in [6, 6.07) is 0.787. The highest BCUT2D eigenvalue weighted by molar-refractivity contribution is 5.00. The van der Waals surface area contributed by atoms with E-state index in [1.54, 1.807) is 0 Å². The molecule has 15 heavy (non-hydrogen) atoms. The Labute approximate surface area is 94.9 Å². The minimum Gasteiger partial charge on any atom is -0.296 e. The van der Waals surface area contributed by atoms with E-state index in [1.807, 2.05) is 0 Å². The summed E-state index contributed by atoms with van der Waals surface area (Å²) in [4.78, 5) is 2.62. The van der Waals surface area contributed by atoms with Gasteiger partial charge in [-0.1, -0.05) is 23.3 Å². The van der Waals surface area contributed by atoms with Gasteiger partial charge < -0.3 is 0 Å². The Morgan fingerprint density at radius 2 is 1.80 bits per heavy atom. The van der Waals surface area contributed by atoms with E-state index in [1.165, 1.54) is 37.0 Å². The van der Waals surface area contributed by atoms with Crippen LogP contribution in [0.25, 0.3) is 0 Å². The predicted molar refractivity (Wildman–Crippen MR) is 68.1 cm³/mol. The third-order valence-corrected chi connectivity index (χ3v) is 3.03. The molecule has 1 aliphatic rings. The smallest absolute Gasteiger partial charge is 0.0168 e. The predicted octanol–water partition coefficient (Wildman–Crippen LogP) is 3.77. The highest BCUT2D eigenvalue weighted by atomic mass is 15.2. The van der Waals surface area contributed by atoms with Crippen LogP contribution in [0.15, 0.2) is 23.3 Å². The lowest BCUT2D eigenvalue weighted by atomic mass is 10.1. The van der Waals surface area contributed by atoms with Crippen molar-refractivity contribution < 1.29 is 0 Å². The molecule has 86 valence electrons. The zero-order valence-electron chi connectivity index (χ0n) is 10.7. The molecule has 1 aliphatic heterocycles. The lowest BCUT2D eigenvalue weighted by molar-refractivity contribution is 0.281. The van der Waals surface area contributed by atoms with Crippen molar-refractivity contribution in [3.8, 4) is 0 Å². The van der Waals surface area contributed by atoms with Crippen LogP contribution in [0.4, 0.5) is 0 Å². The first-order valence-corrected chi connectivity index (χ1v) is 6.10. The zero-order valence-corrected chi connectivity index (χ0v) is 10.7. The van der Waals surface area contributed by atoms with E-state index in [2.05, 4.69) is 44.7 Å². The molecular weight excluding hydrogens is 182 g/mol. The summed E-state index contributed by atoms with van der Waals surface area (Å²) in [7, 11) is 0. The van der Waals surface area contributed by atoms with Crippen LogP contribution >= 0.6 is 0 Å². The summed E-state index contributed by atoms with van der Waals surface area (Å²) >= 11 is 0. The minimum atomic E-state index is 0.787. The maximum absolute atomic E-state index is 2.62. The van der Waals surface area contributed by atoms with Gasteiger partial charge in [0.05, 0.1) is 0 Å². The van der Waals surface area contributed by atoms with Crippen molar-refractivity contribution >= 4 is 0 Å². The average molecular weight is 207 g/mol.